The maximum absolute atomic E-state index is 11.4. The zero-order valence-corrected chi connectivity index (χ0v) is 28.9. The lowest BCUT2D eigenvalue weighted by atomic mass is 9.81. The fourth-order valence-electron chi connectivity index (χ4n) is 7.02. The molecule has 2 aromatic carbocycles. The van der Waals surface area contributed by atoms with E-state index in [2.05, 4.69) is 97.9 Å². The first kappa shape index (κ1) is 33.7. The van der Waals surface area contributed by atoms with Gasteiger partial charge in [0.05, 0.1) is 11.2 Å². The molecule has 0 amide bonds. The zero-order valence-electron chi connectivity index (χ0n) is 26.6. The SMILES string of the molecule is CC1(C)C(/C=C/C2=C(Cl)C(=C/C=C3\N(CCCS(=O)(=O)O)c4ccccc4C3(C)C)/CCC2)=[N+](CCCS[O-])c2ccccc21. The molecule has 0 radical (unpaired) electrons. The van der Waals surface area contributed by atoms with E-state index in [0.29, 0.717) is 30.8 Å². The molecule has 0 saturated carbocycles. The summed E-state index contributed by atoms with van der Waals surface area (Å²) < 4.78 is 45.7. The summed E-state index contributed by atoms with van der Waals surface area (Å²) in [5, 5.41) is 0.781. The summed E-state index contributed by atoms with van der Waals surface area (Å²) in [6, 6.07) is 16.7. The Kier molecular flexibility index (Phi) is 10.2. The number of rotatable bonds is 11. The fourth-order valence-corrected chi connectivity index (χ4v) is 8.07. The van der Waals surface area contributed by atoms with Gasteiger partial charge in [-0.25, -0.2) is 0 Å². The number of anilines is 1. The summed E-state index contributed by atoms with van der Waals surface area (Å²) in [7, 11) is -4.03. The van der Waals surface area contributed by atoms with Crippen molar-refractivity contribution in [3.05, 3.63) is 106 Å². The molecular formula is C36H43ClN2O4S2. The van der Waals surface area contributed by atoms with Crippen LogP contribution >= 0.6 is 23.6 Å². The Bertz CT molecular complexity index is 1720. The number of halogens is 1. The van der Waals surface area contributed by atoms with Crippen LogP contribution in [-0.4, -0.2) is 52.4 Å². The average molecular weight is 667 g/mol. The van der Waals surface area contributed by atoms with Crippen LogP contribution in [0.25, 0.3) is 0 Å². The molecule has 2 aromatic rings. The van der Waals surface area contributed by atoms with Crippen LogP contribution in [0.15, 0.2) is 94.7 Å². The fraction of sp³-hybridized carbons (Fsp3) is 0.417. The lowest BCUT2D eigenvalue weighted by Crippen LogP contribution is -2.28. The van der Waals surface area contributed by atoms with Crippen molar-refractivity contribution in [1.82, 2.24) is 0 Å². The van der Waals surface area contributed by atoms with E-state index in [-0.39, 0.29) is 16.6 Å². The van der Waals surface area contributed by atoms with Crippen LogP contribution in [0.5, 0.6) is 0 Å². The molecular weight excluding hydrogens is 624 g/mol. The average Bonchev–Trinajstić information content (AvgIpc) is 3.34. The maximum Gasteiger partial charge on any atom is 0.264 e. The molecule has 240 valence electrons. The van der Waals surface area contributed by atoms with Crippen molar-refractivity contribution in [2.24, 2.45) is 0 Å². The Balaban J connectivity index is 1.47. The molecule has 2 heterocycles. The first-order chi connectivity index (χ1) is 21.4. The Morgan fingerprint density at radius 3 is 2.42 bits per heavy atom. The molecule has 0 atom stereocenters. The number of hydrogen-bond donors (Lipinski definition) is 1. The second-order valence-electron chi connectivity index (χ2n) is 13.1. The Morgan fingerprint density at radius 2 is 1.69 bits per heavy atom. The number of hydrogen-bond acceptors (Lipinski definition) is 5. The van der Waals surface area contributed by atoms with Gasteiger partial charge in [-0.3, -0.25) is 16.6 Å². The standard InChI is InChI=1S/C36H43ClN2O4S2/c1-35(2)28-14-5-7-16-30(28)38(22-10-24-44-40)32(35)20-18-26-12-9-13-27(34(26)37)19-21-33-36(3,4)29-15-6-8-17-31(29)39(33)23-11-25-45(41,42)43/h5-8,14-21H,9-13,22-25H2,1-4H3,(H-,40,41,42,43). The van der Waals surface area contributed by atoms with Crippen molar-refractivity contribution in [2.75, 3.05) is 29.5 Å². The smallest absolute Gasteiger partial charge is 0.264 e. The van der Waals surface area contributed by atoms with Gasteiger partial charge in [-0.1, -0.05) is 74.0 Å². The predicted octanol–water partition coefficient (Wildman–Crippen LogP) is 8.44. The summed E-state index contributed by atoms with van der Waals surface area (Å²) in [4.78, 5) is 2.18. The van der Waals surface area contributed by atoms with E-state index in [1.54, 1.807) is 0 Å². The molecule has 0 saturated heterocycles. The third kappa shape index (κ3) is 7.05. The van der Waals surface area contributed by atoms with Crippen molar-refractivity contribution >= 4 is 50.8 Å². The highest BCUT2D eigenvalue weighted by Gasteiger charge is 2.44. The van der Waals surface area contributed by atoms with Gasteiger partial charge in [0.15, 0.2) is 5.71 Å². The highest BCUT2D eigenvalue weighted by atomic mass is 35.5. The molecule has 0 aromatic heterocycles. The third-order valence-electron chi connectivity index (χ3n) is 9.33. The number of allylic oxidation sites excluding steroid dienone is 8. The van der Waals surface area contributed by atoms with Crippen LogP contribution in [0.3, 0.4) is 0 Å². The van der Waals surface area contributed by atoms with Gasteiger partial charge in [0.2, 0.25) is 5.69 Å². The normalized spacial score (nSPS) is 21.0. The van der Waals surface area contributed by atoms with Crippen LogP contribution in [-0.2, 0) is 20.9 Å². The van der Waals surface area contributed by atoms with Gasteiger partial charge in [-0.15, -0.1) is 0 Å². The van der Waals surface area contributed by atoms with E-state index in [1.165, 1.54) is 22.5 Å². The highest BCUT2D eigenvalue weighted by Crippen LogP contribution is 2.48. The van der Waals surface area contributed by atoms with Crippen LogP contribution in [0.4, 0.5) is 11.4 Å². The van der Waals surface area contributed by atoms with E-state index in [0.717, 1.165) is 59.8 Å². The van der Waals surface area contributed by atoms with Gasteiger partial charge in [0.25, 0.3) is 10.1 Å². The number of fused-ring (bicyclic) bond motifs is 2. The largest absolute Gasteiger partial charge is 0.799 e. The van der Waals surface area contributed by atoms with Gasteiger partial charge < -0.3 is 9.45 Å². The molecule has 0 fully saturated rings. The molecule has 3 aliphatic rings. The number of para-hydroxylation sites is 2. The molecule has 5 rings (SSSR count). The summed E-state index contributed by atoms with van der Waals surface area (Å²) in [6.07, 6.45) is 12.6. The Hall–Kier alpha value is -2.62. The number of benzene rings is 2. The predicted molar refractivity (Wildman–Crippen MR) is 187 cm³/mol. The van der Waals surface area contributed by atoms with Gasteiger partial charge in [-0.2, -0.15) is 13.0 Å². The summed E-state index contributed by atoms with van der Waals surface area (Å²) in [5.41, 5.74) is 8.76. The summed E-state index contributed by atoms with van der Waals surface area (Å²) in [5.74, 6) is 0.303. The maximum atomic E-state index is 11.4. The van der Waals surface area contributed by atoms with Crippen LogP contribution in [0.1, 0.15) is 70.9 Å². The van der Waals surface area contributed by atoms with Crippen molar-refractivity contribution in [1.29, 1.82) is 0 Å². The van der Waals surface area contributed by atoms with E-state index < -0.39 is 10.1 Å². The Morgan fingerprint density at radius 1 is 0.978 bits per heavy atom. The van der Waals surface area contributed by atoms with Crippen molar-refractivity contribution in [2.45, 2.75) is 70.6 Å². The van der Waals surface area contributed by atoms with Gasteiger partial charge >= 0.3 is 0 Å². The van der Waals surface area contributed by atoms with Crippen LogP contribution in [0, 0.1) is 0 Å². The summed E-state index contributed by atoms with van der Waals surface area (Å²) in [6.45, 7) is 10.2. The molecule has 45 heavy (non-hydrogen) atoms. The van der Waals surface area contributed by atoms with E-state index >= 15 is 0 Å². The minimum atomic E-state index is -4.03. The molecule has 1 aliphatic carbocycles. The number of nitrogens with zero attached hydrogens (tertiary/aromatic N) is 2. The lowest BCUT2D eigenvalue weighted by molar-refractivity contribution is -0.437. The van der Waals surface area contributed by atoms with E-state index in [1.807, 2.05) is 12.1 Å². The molecule has 6 nitrogen and oxygen atoms in total. The molecule has 0 bridgehead atoms. The Labute approximate surface area is 277 Å². The first-order valence-electron chi connectivity index (χ1n) is 15.7. The van der Waals surface area contributed by atoms with Gasteiger partial charge in [0, 0.05) is 52.5 Å². The first-order valence-corrected chi connectivity index (χ1v) is 18.6. The highest BCUT2D eigenvalue weighted by molar-refractivity contribution is 7.93. The summed E-state index contributed by atoms with van der Waals surface area (Å²) >= 11 is 7.75. The minimum absolute atomic E-state index is 0.176. The molecule has 2 aliphatic heterocycles. The van der Waals surface area contributed by atoms with Gasteiger partial charge in [-0.05, 0) is 74.1 Å². The van der Waals surface area contributed by atoms with E-state index in [4.69, 9.17) is 11.6 Å². The van der Waals surface area contributed by atoms with Crippen molar-refractivity contribution in [3.63, 3.8) is 0 Å². The molecule has 1 N–H and O–H groups in total. The lowest BCUT2D eigenvalue weighted by Gasteiger charge is -2.27. The quantitative estimate of drug-likeness (QED) is 0.112. The van der Waals surface area contributed by atoms with E-state index in [9.17, 15) is 17.5 Å². The molecule has 0 spiro atoms. The van der Waals surface area contributed by atoms with Crippen molar-refractivity contribution < 1.29 is 22.1 Å². The third-order valence-corrected chi connectivity index (χ3v) is 11.1. The topological polar surface area (TPSA) is 83.7 Å². The van der Waals surface area contributed by atoms with Gasteiger partial charge in [0.1, 0.15) is 6.54 Å². The second-order valence-corrected chi connectivity index (χ2v) is 15.7. The molecule has 0 unspecified atom stereocenters. The minimum Gasteiger partial charge on any atom is -0.799 e. The molecule has 9 heteroatoms. The monoisotopic (exact) mass is 666 g/mol. The van der Waals surface area contributed by atoms with Crippen LogP contribution < -0.4 is 4.90 Å². The van der Waals surface area contributed by atoms with Crippen LogP contribution in [0.2, 0.25) is 0 Å². The second kappa shape index (κ2) is 13.6. The van der Waals surface area contributed by atoms with Crippen molar-refractivity contribution in [3.8, 4) is 0 Å². The zero-order chi connectivity index (χ0) is 32.4.